The van der Waals surface area contributed by atoms with Crippen LogP contribution in [-0.2, 0) is 15.6 Å². The lowest BCUT2D eigenvalue weighted by molar-refractivity contribution is -0.132. The summed E-state index contributed by atoms with van der Waals surface area (Å²) < 4.78 is 0. The highest BCUT2D eigenvalue weighted by Gasteiger charge is 2.18. The lowest BCUT2D eigenvalue weighted by Gasteiger charge is -2.28. The smallest absolute Gasteiger partial charge is 0.346 e. The van der Waals surface area contributed by atoms with Gasteiger partial charge in [-0.25, -0.2) is 4.79 Å². The minimum atomic E-state index is -1.22. The first kappa shape index (κ1) is 27.9. The molecule has 0 saturated heterocycles. The van der Waals surface area contributed by atoms with Crippen molar-refractivity contribution in [2.45, 2.75) is 52.4 Å². The maximum absolute atomic E-state index is 11.2. The lowest BCUT2D eigenvalue weighted by atomic mass is 9.86. The van der Waals surface area contributed by atoms with Crippen LogP contribution in [0, 0.1) is 11.3 Å². The number of carbonyl (C=O) groups is 1. The van der Waals surface area contributed by atoms with Crippen LogP contribution in [-0.4, -0.2) is 11.1 Å². The molecular formula is C34H34N2O2S. The van der Waals surface area contributed by atoms with Gasteiger partial charge < -0.3 is 10.0 Å². The Kier molecular flexibility index (Phi) is 7.81. The summed E-state index contributed by atoms with van der Waals surface area (Å²) in [4.78, 5) is 15.2. The summed E-state index contributed by atoms with van der Waals surface area (Å²) in [5, 5.41) is 18.2. The first-order chi connectivity index (χ1) is 18.4. The topological polar surface area (TPSA) is 64.3 Å². The van der Waals surface area contributed by atoms with E-state index in [0.717, 1.165) is 32.4 Å². The van der Waals surface area contributed by atoms with Crippen LogP contribution in [0.25, 0.3) is 16.5 Å². The molecule has 1 N–H and O–H groups in total. The second-order valence-corrected chi connectivity index (χ2v) is 12.8. The monoisotopic (exact) mass is 534 g/mol. The van der Waals surface area contributed by atoms with Crippen molar-refractivity contribution in [3.8, 4) is 16.5 Å². The number of nitriles is 1. The highest BCUT2D eigenvalue weighted by atomic mass is 32.1. The van der Waals surface area contributed by atoms with Crippen molar-refractivity contribution in [2.24, 2.45) is 0 Å². The molecule has 39 heavy (non-hydrogen) atoms. The zero-order valence-corrected chi connectivity index (χ0v) is 24.1. The molecule has 0 bridgehead atoms. The molecule has 4 aromatic rings. The third kappa shape index (κ3) is 6.47. The average molecular weight is 535 g/mol. The number of carboxylic acids is 1. The van der Waals surface area contributed by atoms with Gasteiger partial charge in [-0.2, -0.15) is 5.26 Å². The quantitative estimate of drug-likeness (QED) is 0.198. The molecule has 0 aliphatic heterocycles. The molecular weight excluding hydrogens is 500 g/mol. The Morgan fingerprint density at radius 2 is 1.18 bits per heavy atom. The Hall–Kier alpha value is -4.14. The van der Waals surface area contributed by atoms with Gasteiger partial charge >= 0.3 is 5.97 Å². The highest BCUT2D eigenvalue weighted by molar-refractivity contribution is 7.16. The van der Waals surface area contributed by atoms with Crippen molar-refractivity contribution in [3.05, 3.63) is 107 Å². The second kappa shape index (κ2) is 10.9. The van der Waals surface area contributed by atoms with Crippen LogP contribution in [0.4, 0.5) is 17.1 Å². The van der Waals surface area contributed by atoms with Gasteiger partial charge in [0.1, 0.15) is 11.6 Å². The zero-order valence-electron chi connectivity index (χ0n) is 23.3. The molecule has 5 heteroatoms. The zero-order chi connectivity index (χ0) is 28.4. The molecule has 0 aliphatic carbocycles. The van der Waals surface area contributed by atoms with E-state index < -0.39 is 5.97 Å². The third-order valence-electron chi connectivity index (χ3n) is 6.66. The molecule has 0 radical (unpaired) electrons. The summed E-state index contributed by atoms with van der Waals surface area (Å²) in [7, 11) is 0. The summed E-state index contributed by atoms with van der Waals surface area (Å²) in [5.41, 5.74) is 6.69. The predicted molar refractivity (Wildman–Crippen MR) is 163 cm³/mol. The standard InChI is InChI=1S/C34H34N2O2S/c1-33(2,3)25-9-15-28(16-10-25)36(29-17-11-26(12-18-29)34(4,5)6)27-13-7-23(8-14-27)31-20-19-30(39-31)21-24(22-35)32(37)38/h7-21H,1-6H3,(H,37,38)/b24-21+. The molecule has 198 valence electrons. The molecule has 0 aliphatic rings. The molecule has 0 spiro atoms. The Morgan fingerprint density at radius 1 is 0.744 bits per heavy atom. The van der Waals surface area contributed by atoms with E-state index in [-0.39, 0.29) is 16.4 Å². The van der Waals surface area contributed by atoms with Crippen molar-refractivity contribution >= 4 is 40.4 Å². The van der Waals surface area contributed by atoms with Crippen molar-refractivity contribution in [1.82, 2.24) is 0 Å². The number of hydrogen-bond donors (Lipinski definition) is 1. The van der Waals surface area contributed by atoms with Crippen LogP contribution in [0.2, 0.25) is 0 Å². The van der Waals surface area contributed by atoms with Gasteiger partial charge in [0.05, 0.1) is 0 Å². The van der Waals surface area contributed by atoms with E-state index >= 15 is 0 Å². The van der Waals surface area contributed by atoms with E-state index in [1.807, 2.05) is 12.1 Å². The van der Waals surface area contributed by atoms with E-state index in [2.05, 4.69) is 119 Å². The fourth-order valence-corrected chi connectivity index (χ4v) is 5.27. The number of hydrogen-bond acceptors (Lipinski definition) is 4. The van der Waals surface area contributed by atoms with E-state index in [1.54, 1.807) is 6.07 Å². The van der Waals surface area contributed by atoms with Crippen LogP contribution in [0.15, 0.2) is 90.5 Å². The molecule has 4 nitrogen and oxygen atoms in total. The molecule has 4 rings (SSSR count). The molecule has 1 aromatic heterocycles. The third-order valence-corrected chi connectivity index (χ3v) is 7.74. The van der Waals surface area contributed by atoms with Gasteiger partial charge in [-0.05, 0) is 82.1 Å². The Bertz CT molecular complexity index is 1470. The maximum atomic E-state index is 11.2. The van der Waals surface area contributed by atoms with Gasteiger partial charge in [0.25, 0.3) is 0 Å². The van der Waals surface area contributed by atoms with Gasteiger partial charge in [-0.15, -0.1) is 11.3 Å². The maximum Gasteiger partial charge on any atom is 0.346 e. The van der Waals surface area contributed by atoms with E-state index in [4.69, 9.17) is 10.4 Å². The number of anilines is 3. The van der Waals surface area contributed by atoms with Crippen molar-refractivity contribution in [3.63, 3.8) is 0 Å². The molecule has 0 unspecified atom stereocenters. The van der Waals surface area contributed by atoms with E-state index in [1.165, 1.54) is 28.5 Å². The van der Waals surface area contributed by atoms with Gasteiger partial charge in [0, 0.05) is 26.8 Å². The molecule has 0 amide bonds. The van der Waals surface area contributed by atoms with Crippen LogP contribution >= 0.6 is 11.3 Å². The van der Waals surface area contributed by atoms with Gasteiger partial charge in [-0.3, -0.25) is 0 Å². The fourth-order valence-electron chi connectivity index (χ4n) is 4.31. The number of rotatable bonds is 6. The van der Waals surface area contributed by atoms with Gasteiger partial charge in [-0.1, -0.05) is 77.9 Å². The normalized spacial score (nSPS) is 12.2. The largest absolute Gasteiger partial charge is 0.477 e. The number of aliphatic carboxylic acids is 1. The van der Waals surface area contributed by atoms with Crippen LogP contribution in [0.1, 0.15) is 57.5 Å². The minimum Gasteiger partial charge on any atom is -0.477 e. The van der Waals surface area contributed by atoms with Crippen LogP contribution in [0.3, 0.4) is 0 Å². The first-order valence-electron chi connectivity index (χ1n) is 12.9. The second-order valence-electron chi connectivity index (χ2n) is 11.7. The van der Waals surface area contributed by atoms with Gasteiger partial charge in [0.2, 0.25) is 0 Å². The Morgan fingerprint density at radius 3 is 1.56 bits per heavy atom. The molecule has 0 atom stereocenters. The predicted octanol–water partition coefficient (Wildman–Crippen LogP) is 9.47. The summed E-state index contributed by atoms with van der Waals surface area (Å²) in [6.07, 6.45) is 1.41. The molecule has 0 fully saturated rings. The Labute approximate surface area is 235 Å². The summed E-state index contributed by atoms with van der Waals surface area (Å²) in [5.74, 6) is -1.22. The number of thiophene rings is 1. The fraction of sp³-hybridized carbons (Fsp3) is 0.235. The lowest BCUT2D eigenvalue weighted by Crippen LogP contribution is -2.14. The van der Waals surface area contributed by atoms with E-state index in [9.17, 15) is 4.79 Å². The summed E-state index contributed by atoms with van der Waals surface area (Å²) in [6, 6.07) is 31.4. The molecule has 0 saturated carbocycles. The summed E-state index contributed by atoms with van der Waals surface area (Å²) in [6.45, 7) is 13.3. The van der Waals surface area contributed by atoms with Crippen molar-refractivity contribution in [1.29, 1.82) is 5.26 Å². The number of benzene rings is 3. The number of carboxylic acid groups (broad SMARTS) is 1. The highest BCUT2D eigenvalue weighted by Crippen LogP contribution is 2.38. The number of nitrogens with zero attached hydrogens (tertiary/aromatic N) is 2. The van der Waals surface area contributed by atoms with Gasteiger partial charge in [0.15, 0.2) is 0 Å². The molecule has 3 aromatic carbocycles. The Balaban J connectivity index is 1.71. The van der Waals surface area contributed by atoms with Crippen molar-refractivity contribution in [2.75, 3.05) is 4.90 Å². The molecule has 1 heterocycles. The average Bonchev–Trinajstić information content (AvgIpc) is 3.36. The summed E-state index contributed by atoms with van der Waals surface area (Å²) >= 11 is 1.46. The van der Waals surface area contributed by atoms with Crippen LogP contribution < -0.4 is 4.90 Å². The SMILES string of the molecule is CC(C)(C)c1ccc(N(c2ccc(-c3ccc(/C=C(\C#N)C(=O)O)s3)cc2)c2ccc(C(C)(C)C)cc2)cc1. The minimum absolute atomic E-state index is 0.0760. The first-order valence-corrected chi connectivity index (χ1v) is 13.7. The van der Waals surface area contributed by atoms with Crippen molar-refractivity contribution < 1.29 is 9.90 Å². The van der Waals surface area contributed by atoms with E-state index in [0.29, 0.717) is 0 Å². The van der Waals surface area contributed by atoms with Crippen LogP contribution in [0.5, 0.6) is 0 Å².